The summed E-state index contributed by atoms with van der Waals surface area (Å²) in [7, 11) is 0. The monoisotopic (exact) mass is 432 g/mol. The minimum Gasteiger partial charge on any atom is -0.481 e. The number of ether oxygens (including phenoxy) is 2. The smallest absolute Gasteiger partial charge is 0.262 e. The van der Waals surface area contributed by atoms with Gasteiger partial charge in [0.2, 0.25) is 0 Å². The number of fused-ring (bicyclic) bond motifs is 1. The number of nitrogens with one attached hydrogen (secondary N) is 2. The van der Waals surface area contributed by atoms with Crippen molar-refractivity contribution >= 4 is 28.2 Å². The highest BCUT2D eigenvalue weighted by Gasteiger charge is 2.27. The van der Waals surface area contributed by atoms with E-state index in [4.69, 9.17) is 9.47 Å². The third-order valence-corrected chi connectivity index (χ3v) is 6.57. The number of hydrogen-bond donors (Lipinski definition) is 2. The SMILES string of the molecule is O=C(COc1ccccc1F)Nc1sc2c(c1C(=O)NC[C@@H]1CCCO1)CCCC2. The van der Waals surface area contributed by atoms with Crippen LogP contribution in [-0.2, 0) is 22.4 Å². The molecule has 2 amide bonds. The summed E-state index contributed by atoms with van der Waals surface area (Å²) in [5, 5.41) is 6.31. The van der Waals surface area contributed by atoms with Crippen LogP contribution in [0.25, 0.3) is 0 Å². The number of halogens is 1. The summed E-state index contributed by atoms with van der Waals surface area (Å²) >= 11 is 1.45. The van der Waals surface area contributed by atoms with Crippen LogP contribution < -0.4 is 15.4 Å². The standard InChI is InChI=1S/C22H25FN2O4S/c23-16-8-2-3-9-17(16)29-13-19(26)25-22-20(15-7-1-4-10-18(15)30-22)21(27)24-12-14-6-5-11-28-14/h2-3,8-9,14H,1,4-7,10-13H2,(H,24,27)(H,25,26)/t14-/m0/s1. The van der Waals surface area contributed by atoms with Crippen molar-refractivity contribution in [3.05, 3.63) is 46.1 Å². The largest absolute Gasteiger partial charge is 0.481 e. The average molecular weight is 433 g/mol. The van der Waals surface area contributed by atoms with Gasteiger partial charge in [0.05, 0.1) is 11.7 Å². The van der Waals surface area contributed by atoms with Crippen molar-refractivity contribution in [2.45, 2.75) is 44.6 Å². The average Bonchev–Trinajstić information content (AvgIpc) is 3.39. The second kappa shape index (κ2) is 9.57. The summed E-state index contributed by atoms with van der Waals surface area (Å²) in [6, 6.07) is 5.94. The van der Waals surface area contributed by atoms with E-state index in [2.05, 4.69) is 10.6 Å². The number of carbonyl (C=O) groups excluding carboxylic acids is 2. The normalized spacial score (nSPS) is 18.0. The van der Waals surface area contributed by atoms with E-state index < -0.39 is 11.7 Å². The summed E-state index contributed by atoms with van der Waals surface area (Å²) in [4.78, 5) is 26.6. The first-order chi connectivity index (χ1) is 14.6. The van der Waals surface area contributed by atoms with Crippen molar-refractivity contribution in [1.29, 1.82) is 0 Å². The van der Waals surface area contributed by atoms with Gasteiger partial charge in [-0.05, 0) is 56.2 Å². The minimum atomic E-state index is -0.522. The Labute approximate surface area is 178 Å². The number of carbonyl (C=O) groups is 2. The van der Waals surface area contributed by atoms with Gasteiger partial charge in [-0.25, -0.2) is 4.39 Å². The summed E-state index contributed by atoms with van der Waals surface area (Å²) < 4.78 is 24.6. The molecule has 2 aliphatic rings. The molecule has 0 spiro atoms. The van der Waals surface area contributed by atoms with Gasteiger partial charge >= 0.3 is 0 Å². The molecule has 1 aliphatic carbocycles. The molecular weight excluding hydrogens is 407 g/mol. The van der Waals surface area contributed by atoms with Crippen LogP contribution in [0.2, 0.25) is 0 Å². The van der Waals surface area contributed by atoms with Gasteiger partial charge in [-0.3, -0.25) is 9.59 Å². The summed E-state index contributed by atoms with van der Waals surface area (Å²) in [6.07, 6.45) is 5.85. The molecule has 8 heteroatoms. The molecule has 30 heavy (non-hydrogen) atoms. The second-order valence-electron chi connectivity index (χ2n) is 7.53. The van der Waals surface area contributed by atoms with Crippen LogP contribution in [0.4, 0.5) is 9.39 Å². The molecule has 1 aliphatic heterocycles. The third kappa shape index (κ3) is 4.82. The Kier molecular flexibility index (Phi) is 6.64. The van der Waals surface area contributed by atoms with Gasteiger partial charge in [-0.2, -0.15) is 0 Å². The molecule has 1 atom stereocenters. The van der Waals surface area contributed by atoms with Crippen LogP contribution in [0, 0.1) is 5.82 Å². The fraction of sp³-hybridized carbons (Fsp3) is 0.455. The van der Waals surface area contributed by atoms with E-state index in [-0.39, 0.29) is 24.4 Å². The van der Waals surface area contributed by atoms with Crippen molar-refractivity contribution in [1.82, 2.24) is 5.32 Å². The van der Waals surface area contributed by atoms with Gasteiger partial charge in [0, 0.05) is 18.0 Å². The van der Waals surface area contributed by atoms with E-state index in [1.54, 1.807) is 12.1 Å². The van der Waals surface area contributed by atoms with Crippen LogP contribution in [0.5, 0.6) is 5.75 Å². The molecule has 6 nitrogen and oxygen atoms in total. The molecule has 1 aromatic heterocycles. The maximum absolute atomic E-state index is 13.7. The van der Waals surface area contributed by atoms with Crippen molar-refractivity contribution in [3.8, 4) is 5.75 Å². The number of rotatable bonds is 7. The van der Waals surface area contributed by atoms with Gasteiger partial charge in [0.1, 0.15) is 5.00 Å². The van der Waals surface area contributed by atoms with E-state index in [0.717, 1.165) is 55.6 Å². The maximum atomic E-state index is 13.7. The topological polar surface area (TPSA) is 76.7 Å². The maximum Gasteiger partial charge on any atom is 0.262 e. The summed E-state index contributed by atoms with van der Waals surface area (Å²) in [5.74, 6) is -1.11. The molecule has 1 fully saturated rings. The molecule has 2 aromatic rings. The Balaban J connectivity index is 1.45. The lowest BCUT2D eigenvalue weighted by molar-refractivity contribution is -0.118. The number of benzene rings is 1. The number of para-hydroxylation sites is 1. The van der Waals surface area contributed by atoms with Crippen molar-refractivity contribution in [2.24, 2.45) is 0 Å². The van der Waals surface area contributed by atoms with E-state index in [1.807, 2.05) is 0 Å². The van der Waals surface area contributed by atoms with Gasteiger partial charge in [0.25, 0.3) is 11.8 Å². The molecular formula is C22H25FN2O4S. The molecule has 4 rings (SSSR count). The predicted molar refractivity (Wildman–Crippen MR) is 113 cm³/mol. The first-order valence-corrected chi connectivity index (χ1v) is 11.1. The minimum absolute atomic E-state index is 0.0210. The Morgan fingerprint density at radius 3 is 2.83 bits per heavy atom. The molecule has 1 aromatic carbocycles. The van der Waals surface area contributed by atoms with Crippen LogP contribution in [-0.4, -0.2) is 37.7 Å². The van der Waals surface area contributed by atoms with Gasteiger partial charge in [-0.15, -0.1) is 11.3 Å². The highest BCUT2D eigenvalue weighted by molar-refractivity contribution is 7.17. The predicted octanol–water partition coefficient (Wildman–Crippen LogP) is 3.69. The zero-order chi connectivity index (χ0) is 20.9. The van der Waals surface area contributed by atoms with Crippen LogP contribution >= 0.6 is 11.3 Å². The molecule has 0 radical (unpaired) electrons. The van der Waals surface area contributed by atoms with E-state index >= 15 is 0 Å². The molecule has 1 saturated heterocycles. The van der Waals surface area contributed by atoms with Gasteiger partial charge in [-0.1, -0.05) is 12.1 Å². The summed E-state index contributed by atoms with van der Waals surface area (Å²) in [6.45, 7) is 0.866. The van der Waals surface area contributed by atoms with Crippen LogP contribution in [0.15, 0.2) is 24.3 Å². The van der Waals surface area contributed by atoms with Crippen molar-refractivity contribution < 1.29 is 23.5 Å². The lowest BCUT2D eigenvalue weighted by atomic mass is 9.95. The van der Waals surface area contributed by atoms with Crippen LogP contribution in [0.1, 0.15) is 46.5 Å². The van der Waals surface area contributed by atoms with E-state index in [0.29, 0.717) is 17.1 Å². The Bertz CT molecular complexity index is 924. The fourth-order valence-corrected chi connectivity index (χ4v) is 5.17. The highest BCUT2D eigenvalue weighted by atomic mass is 32.1. The third-order valence-electron chi connectivity index (χ3n) is 5.36. The van der Waals surface area contributed by atoms with Crippen molar-refractivity contribution in [3.63, 3.8) is 0 Å². The fourth-order valence-electron chi connectivity index (χ4n) is 3.86. The molecule has 160 valence electrons. The molecule has 0 saturated carbocycles. The zero-order valence-corrected chi connectivity index (χ0v) is 17.5. The molecule has 0 bridgehead atoms. The number of anilines is 1. The van der Waals surface area contributed by atoms with Gasteiger partial charge in [0.15, 0.2) is 18.2 Å². The summed E-state index contributed by atoms with van der Waals surface area (Å²) in [5.41, 5.74) is 1.58. The first kappa shape index (κ1) is 20.8. The lowest BCUT2D eigenvalue weighted by Crippen LogP contribution is -2.33. The quantitative estimate of drug-likeness (QED) is 0.700. The highest BCUT2D eigenvalue weighted by Crippen LogP contribution is 2.38. The molecule has 2 heterocycles. The second-order valence-corrected chi connectivity index (χ2v) is 8.63. The number of amides is 2. The molecule has 2 N–H and O–H groups in total. The van der Waals surface area contributed by atoms with E-state index in [1.165, 1.54) is 23.5 Å². The number of thiophene rings is 1. The van der Waals surface area contributed by atoms with Crippen LogP contribution in [0.3, 0.4) is 0 Å². The zero-order valence-electron chi connectivity index (χ0n) is 16.7. The Hall–Kier alpha value is -2.45. The first-order valence-electron chi connectivity index (χ1n) is 10.3. The van der Waals surface area contributed by atoms with Gasteiger partial charge < -0.3 is 20.1 Å². The number of aryl methyl sites for hydroxylation is 1. The van der Waals surface area contributed by atoms with E-state index in [9.17, 15) is 14.0 Å². The number of hydrogen-bond acceptors (Lipinski definition) is 5. The van der Waals surface area contributed by atoms with Crippen molar-refractivity contribution in [2.75, 3.05) is 25.1 Å². The Morgan fingerprint density at radius 2 is 2.03 bits per heavy atom. The Morgan fingerprint density at radius 1 is 1.20 bits per heavy atom. The molecule has 0 unspecified atom stereocenters. The lowest BCUT2D eigenvalue weighted by Gasteiger charge is -2.15.